The van der Waals surface area contributed by atoms with E-state index in [0.717, 1.165) is 5.56 Å². The van der Waals surface area contributed by atoms with Gasteiger partial charge >= 0.3 is 0 Å². The lowest BCUT2D eigenvalue weighted by Crippen LogP contribution is -2.37. The number of methoxy groups -OCH3 is 1. The van der Waals surface area contributed by atoms with Crippen LogP contribution in [0.1, 0.15) is 5.56 Å². The number of benzene rings is 1. The highest BCUT2D eigenvalue weighted by Gasteiger charge is 2.10. The van der Waals surface area contributed by atoms with E-state index in [1.807, 2.05) is 11.9 Å². The van der Waals surface area contributed by atoms with Gasteiger partial charge in [-0.25, -0.2) is 4.39 Å². The summed E-state index contributed by atoms with van der Waals surface area (Å²) in [5, 5.41) is 8.86. The molecule has 5 heteroatoms. The molecule has 0 bridgehead atoms. The van der Waals surface area contributed by atoms with Crippen LogP contribution in [-0.4, -0.2) is 43.4 Å². The number of ether oxygens (including phenoxy) is 1. The van der Waals surface area contributed by atoms with E-state index < -0.39 is 0 Å². The molecule has 1 aromatic carbocycles. The summed E-state index contributed by atoms with van der Waals surface area (Å²) in [6.07, 6.45) is 0. The Balaban J connectivity index is 2.69. The van der Waals surface area contributed by atoms with Gasteiger partial charge in [-0.05, 0) is 25.2 Å². The minimum Gasteiger partial charge on any atom is -0.496 e. The highest BCUT2D eigenvalue weighted by atomic mass is 19.1. The predicted octanol–water partition coefficient (Wildman–Crippen LogP) is 0.586. The monoisotopic (exact) mass is 242 g/mol. The van der Waals surface area contributed by atoms with Crippen molar-refractivity contribution in [3.05, 3.63) is 29.6 Å². The molecule has 0 heterocycles. The van der Waals surface area contributed by atoms with Crippen LogP contribution < -0.4 is 10.5 Å². The molecular weight excluding hydrogens is 223 g/mol. The zero-order valence-corrected chi connectivity index (χ0v) is 10.2. The van der Waals surface area contributed by atoms with Gasteiger partial charge in [-0.2, -0.15) is 0 Å². The van der Waals surface area contributed by atoms with Gasteiger partial charge in [-0.3, -0.25) is 0 Å². The fourth-order valence-electron chi connectivity index (χ4n) is 1.68. The summed E-state index contributed by atoms with van der Waals surface area (Å²) in [5.41, 5.74) is 6.40. The van der Waals surface area contributed by atoms with Gasteiger partial charge in [0.25, 0.3) is 0 Å². The Morgan fingerprint density at radius 1 is 1.53 bits per heavy atom. The van der Waals surface area contributed by atoms with Gasteiger partial charge in [0.2, 0.25) is 0 Å². The number of hydrogen-bond acceptors (Lipinski definition) is 4. The number of rotatable bonds is 6. The van der Waals surface area contributed by atoms with E-state index in [9.17, 15) is 4.39 Å². The molecule has 0 aliphatic carbocycles. The van der Waals surface area contributed by atoms with Crippen LogP contribution >= 0.6 is 0 Å². The number of nitrogens with two attached hydrogens (primary N) is 1. The van der Waals surface area contributed by atoms with E-state index >= 15 is 0 Å². The first kappa shape index (κ1) is 13.9. The fourth-order valence-corrected chi connectivity index (χ4v) is 1.68. The predicted molar refractivity (Wildman–Crippen MR) is 64.3 cm³/mol. The molecule has 1 rings (SSSR count). The average molecular weight is 242 g/mol. The minimum atomic E-state index is -0.292. The molecule has 0 aliphatic heterocycles. The van der Waals surface area contributed by atoms with E-state index in [4.69, 9.17) is 15.6 Å². The second-order valence-electron chi connectivity index (χ2n) is 4.10. The molecule has 0 aliphatic rings. The Morgan fingerprint density at radius 2 is 2.24 bits per heavy atom. The Kier molecular flexibility index (Phi) is 5.34. The van der Waals surface area contributed by atoms with Crippen LogP contribution in [0.4, 0.5) is 4.39 Å². The molecule has 0 saturated carbocycles. The van der Waals surface area contributed by atoms with Gasteiger partial charge in [0.15, 0.2) is 0 Å². The van der Waals surface area contributed by atoms with Crippen molar-refractivity contribution in [2.75, 3.05) is 27.3 Å². The summed E-state index contributed by atoms with van der Waals surface area (Å²) >= 11 is 0. The first-order chi connectivity index (χ1) is 8.06. The molecule has 3 N–H and O–H groups in total. The second kappa shape index (κ2) is 6.54. The number of aliphatic hydroxyl groups is 1. The summed E-state index contributed by atoms with van der Waals surface area (Å²) in [6, 6.07) is 4.12. The molecule has 0 aromatic heterocycles. The molecule has 0 saturated heterocycles. The molecule has 0 fully saturated rings. The van der Waals surface area contributed by atoms with Gasteiger partial charge in [-0.15, -0.1) is 0 Å². The van der Waals surface area contributed by atoms with Crippen molar-refractivity contribution in [1.82, 2.24) is 4.90 Å². The van der Waals surface area contributed by atoms with E-state index in [2.05, 4.69) is 0 Å². The zero-order valence-electron chi connectivity index (χ0n) is 10.2. The Labute approximate surface area is 101 Å². The van der Waals surface area contributed by atoms with Crippen LogP contribution in [0.5, 0.6) is 5.75 Å². The quantitative estimate of drug-likeness (QED) is 0.766. The molecule has 1 atom stereocenters. The lowest BCUT2D eigenvalue weighted by molar-refractivity contribution is 0.217. The molecule has 17 heavy (non-hydrogen) atoms. The molecule has 0 radical (unpaired) electrons. The van der Waals surface area contributed by atoms with Crippen LogP contribution in [0.3, 0.4) is 0 Å². The van der Waals surface area contributed by atoms with Gasteiger partial charge in [0.1, 0.15) is 11.6 Å². The standard InChI is InChI=1S/C12H19FN2O2/c1-15(7-11(14)8-16)6-9-5-10(13)3-4-12(9)17-2/h3-5,11,16H,6-8,14H2,1-2H3. The van der Waals surface area contributed by atoms with Crippen molar-refractivity contribution in [2.24, 2.45) is 5.73 Å². The second-order valence-corrected chi connectivity index (χ2v) is 4.10. The molecular formula is C12H19FN2O2. The molecule has 1 unspecified atom stereocenters. The zero-order chi connectivity index (χ0) is 12.8. The molecule has 1 aromatic rings. The smallest absolute Gasteiger partial charge is 0.123 e. The van der Waals surface area contributed by atoms with Crippen molar-refractivity contribution >= 4 is 0 Å². The van der Waals surface area contributed by atoms with E-state index in [1.165, 1.54) is 12.1 Å². The van der Waals surface area contributed by atoms with Crippen molar-refractivity contribution < 1.29 is 14.2 Å². The van der Waals surface area contributed by atoms with Gasteiger partial charge in [0, 0.05) is 24.7 Å². The lowest BCUT2D eigenvalue weighted by atomic mass is 10.1. The van der Waals surface area contributed by atoms with Crippen LogP contribution in [-0.2, 0) is 6.54 Å². The Hall–Kier alpha value is -1.17. The van der Waals surface area contributed by atoms with E-state index in [1.54, 1.807) is 13.2 Å². The highest BCUT2D eigenvalue weighted by Crippen LogP contribution is 2.20. The maximum atomic E-state index is 13.1. The summed E-state index contributed by atoms with van der Waals surface area (Å²) in [4.78, 5) is 1.91. The first-order valence-electron chi connectivity index (χ1n) is 5.44. The van der Waals surface area contributed by atoms with Crippen molar-refractivity contribution in [3.8, 4) is 5.75 Å². The summed E-state index contributed by atoms with van der Waals surface area (Å²) in [7, 11) is 3.41. The number of likely N-dealkylation sites (N-methyl/N-ethyl adjacent to an activating group) is 1. The van der Waals surface area contributed by atoms with Gasteiger partial charge in [-0.1, -0.05) is 0 Å². The third-order valence-electron chi connectivity index (χ3n) is 2.46. The Bertz CT molecular complexity index is 360. The maximum Gasteiger partial charge on any atom is 0.123 e. The van der Waals surface area contributed by atoms with Crippen LogP contribution in [0, 0.1) is 5.82 Å². The molecule has 0 spiro atoms. The average Bonchev–Trinajstić information content (AvgIpc) is 2.29. The normalized spacial score (nSPS) is 12.8. The van der Waals surface area contributed by atoms with Gasteiger partial charge < -0.3 is 20.5 Å². The number of halogens is 1. The van der Waals surface area contributed by atoms with Gasteiger partial charge in [0.05, 0.1) is 13.7 Å². The largest absolute Gasteiger partial charge is 0.496 e. The summed E-state index contributed by atoms with van der Waals surface area (Å²) in [5.74, 6) is 0.358. The molecule has 96 valence electrons. The van der Waals surface area contributed by atoms with E-state index in [-0.39, 0.29) is 18.5 Å². The van der Waals surface area contributed by atoms with Crippen LogP contribution in [0.15, 0.2) is 18.2 Å². The summed E-state index contributed by atoms with van der Waals surface area (Å²) in [6.45, 7) is 0.995. The fraction of sp³-hybridized carbons (Fsp3) is 0.500. The van der Waals surface area contributed by atoms with Crippen molar-refractivity contribution in [2.45, 2.75) is 12.6 Å². The third-order valence-corrected chi connectivity index (χ3v) is 2.46. The number of hydrogen-bond donors (Lipinski definition) is 2. The van der Waals surface area contributed by atoms with Crippen LogP contribution in [0.25, 0.3) is 0 Å². The maximum absolute atomic E-state index is 13.1. The van der Waals surface area contributed by atoms with Crippen LogP contribution in [0.2, 0.25) is 0 Å². The first-order valence-corrected chi connectivity index (χ1v) is 5.44. The lowest BCUT2D eigenvalue weighted by Gasteiger charge is -2.21. The van der Waals surface area contributed by atoms with Crippen molar-refractivity contribution in [3.63, 3.8) is 0 Å². The number of aliphatic hydroxyl groups excluding tert-OH is 1. The number of nitrogens with zero attached hydrogens (tertiary/aromatic N) is 1. The molecule has 4 nitrogen and oxygen atoms in total. The van der Waals surface area contributed by atoms with Crippen molar-refractivity contribution in [1.29, 1.82) is 0 Å². The van der Waals surface area contributed by atoms with E-state index in [0.29, 0.717) is 18.8 Å². The SMILES string of the molecule is COc1ccc(F)cc1CN(C)CC(N)CO. The third kappa shape index (κ3) is 4.30. The Morgan fingerprint density at radius 3 is 2.82 bits per heavy atom. The minimum absolute atomic E-state index is 0.0649. The topological polar surface area (TPSA) is 58.7 Å². The highest BCUT2D eigenvalue weighted by molar-refractivity contribution is 5.33. The molecule has 0 amide bonds. The summed E-state index contributed by atoms with van der Waals surface area (Å²) < 4.78 is 18.3.